The van der Waals surface area contributed by atoms with Crippen molar-refractivity contribution < 1.29 is 5.11 Å². The van der Waals surface area contributed by atoms with Crippen LogP contribution in [0.4, 0.5) is 0 Å². The van der Waals surface area contributed by atoms with Gasteiger partial charge in [-0.25, -0.2) is 0 Å². The molecule has 0 spiro atoms. The predicted molar refractivity (Wildman–Crippen MR) is 187 cm³/mol. The first-order valence-electron chi connectivity index (χ1n) is 15.1. The fourth-order valence-corrected chi connectivity index (χ4v) is 3.49. The Morgan fingerprint density at radius 2 is 0.951 bits per heavy atom. The summed E-state index contributed by atoms with van der Waals surface area (Å²) in [5.74, 6) is 0.950. The first-order valence-corrected chi connectivity index (χ1v) is 15.1. The summed E-state index contributed by atoms with van der Waals surface area (Å²) in [7, 11) is 0. The van der Waals surface area contributed by atoms with Crippen LogP contribution in [0.15, 0.2) is 143 Å². The monoisotopic (exact) mass is 554 g/mol. The summed E-state index contributed by atoms with van der Waals surface area (Å²) < 4.78 is 0. The highest BCUT2D eigenvalue weighted by Crippen LogP contribution is 2.15. The number of hydrogen-bond donors (Lipinski definition) is 1. The Labute approximate surface area is 253 Å². The van der Waals surface area contributed by atoms with Crippen LogP contribution in [0.2, 0.25) is 0 Å². The minimum Gasteiger partial charge on any atom is -0.390 e. The van der Waals surface area contributed by atoms with Gasteiger partial charge in [0.05, 0.1) is 5.60 Å². The average molecular weight is 555 g/mol. The molecule has 0 aromatic heterocycles. The fourth-order valence-electron chi connectivity index (χ4n) is 3.49. The highest BCUT2D eigenvalue weighted by Gasteiger charge is 2.10. The van der Waals surface area contributed by atoms with Gasteiger partial charge in [-0.1, -0.05) is 164 Å². The zero-order valence-corrected chi connectivity index (χ0v) is 27.7. The van der Waals surface area contributed by atoms with Crippen molar-refractivity contribution in [2.45, 2.75) is 94.1 Å². The third-order valence-electron chi connectivity index (χ3n) is 6.05. The molecule has 0 aliphatic heterocycles. The minimum atomic E-state index is -0.572. The molecule has 0 heterocycles. The standard InChI is InChI=1S/C40H58O/c1-33(2)19-13-22-36(5)25-16-28-37(6)26-14-23-34(3)20-11-12-21-35(4)24-15-27-38(7)29-17-30-39(8)31-18-32-40(9,10)41/h11-17,19-30,33,38,41H,18,31-32H2,1-10H3/b19-13+,20-11+,21-12+,25-16+,26-14+,27-15+,29-17+,34-23+,35-24+,36-22+,37-28+,39-30+. The van der Waals surface area contributed by atoms with Crippen LogP contribution in [-0.2, 0) is 0 Å². The molecule has 0 saturated carbocycles. The molecule has 0 radical (unpaired) electrons. The number of allylic oxidation sites excluding steroid dienone is 24. The van der Waals surface area contributed by atoms with Gasteiger partial charge in [-0.3, -0.25) is 0 Å². The second kappa shape index (κ2) is 22.5. The van der Waals surface area contributed by atoms with Crippen molar-refractivity contribution in [1.29, 1.82) is 0 Å². The molecular weight excluding hydrogens is 496 g/mol. The Bertz CT molecular complexity index is 1110. The van der Waals surface area contributed by atoms with E-state index in [1.807, 2.05) is 13.8 Å². The van der Waals surface area contributed by atoms with Gasteiger partial charge in [-0.15, -0.1) is 0 Å². The zero-order chi connectivity index (χ0) is 31.1. The summed E-state index contributed by atoms with van der Waals surface area (Å²) in [5, 5.41) is 9.82. The van der Waals surface area contributed by atoms with Gasteiger partial charge in [0.2, 0.25) is 0 Å². The SMILES string of the molecule is CC(/C=C/C=C/C(C)=C/C=C/C(C)/C=C/C=C(\C)CCCC(C)(C)O)=C\C=C\C(C)=C\C=C\C(C)=C\C=C\C(C)C. The van der Waals surface area contributed by atoms with E-state index in [0.29, 0.717) is 11.8 Å². The molecular formula is C40H58O. The van der Waals surface area contributed by atoms with Crippen LogP contribution >= 0.6 is 0 Å². The summed E-state index contributed by atoms with van der Waals surface area (Å²) in [6.07, 6.45) is 43.4. The smallest absolute Gasteiger partial charge is 0.0591 e. The van der Waals surface area contributed by atoms with Crippen molar-refractivity contribution in [3.63, 3.8) is 0 Å². The van der Waals surface area contributed by atoms with Crippen molar-refractivity contribution in [2.75, 3.05) is 0 Å². The van der Waals surface area contributed by atoms with Gasteiger partial charge in [0.25, 0.3) is 0 Å². The lowest BCUT2D eigenvalue weighted by Crippen LogP contribution is -2.17. The van der Waals surface area contributed by atoms with E-state index in [0.717, 1.165) is 19.3 Å². The number of hydrogen-bond acceptors (Lipinski definition) is 1. The lowest BCUT2D eigenvalue weighted by atomic mass is 9.99. The van der Waals surface area contributed by atoms with Crippen LogP contribution in [0.1, 0.15) is 88.5 Å². The van der Waals surface area contributed by atoms with E-state index in [1.54, 1.807) is 0 Å². The molecule has 0 aliphatic carbocycles. The van der Waals surface area contributed by atoms with Crippen molar-refractivity contribution in [3.8, 4) is 0 Å². The molecule has 0 aromatic carbocycles. The molecule has 0 rings (SSSR count). The quantitative estimate of drug-likeness (QED) is 0.177. The Hall–Kier alpha value is -3.16. The normalized spacial score (nSPS) is 16.6. The summed E-state index contributed by atoms with van der Waals surface area (Å²) in [4.78, 5) is 0. The molecule has 0 amide bonds. The molecule has 1 atom stereocenters. The molecule has 1 heteroatoms. The molecule has 0 bridgehead atoms. The van der Waals surface area contributed by atoms with Crippen molar-refractivity contribution >= 4 is 0 Å². The first kappa shape index (κ1) is 37.8. The Morgan fingerprint density at radius 3 is 1.39 bits per heavy atom. The molecule has 1 N–H and O–H groups in total. The Kier molecular flexibility index (Phi) is 20.8. The van der Waals surface area contributed by atoms with Gasteiger partial charge in [-0.2, -0.15) is 0 Å². The van der Waals surface area contributed by atoms with Gasteiger partial charge in [0.15, 0.2) is 0 Å². The molecule has 224 valence electrons. The molecule has 41 heavy (non-hydrogen) atoms. The summed E-state index contributed by atoms with van der Waals surface area (Å²) in [6, 6.07) is 0. The van der Waals surface area contributed by atoms with Crippen LogP contribution in [0.25, 0.3) is 0 Å². The second-order valence-electron chi connectivity index (χ2n) is 12.0. The molecule has 1 unspecified atom stereocenters. The minimum absolute atomic E-state index is 0.372. The van der Waals surface area contributed by atoms with E-state index in [-0.39, 0.29) is 0 Å². The molecule has 0 aromatic rings. The summed E-state index contributed by atoms with van der Waals surface area (Å²) in [6.45, 7) is 20.9. The zero-order valence-electron chi connectivity index (χ0n) is 27.7. The van der Waals surface area contributed by atoms with Crippen LogP contribution in [-0.4, -0.2) is 10.7 Å². The van der Waals surface area contributed by atoms with E-state index in [9.17, 15) is 5.11 Å². The largest absolute Gasteiger partial charge is 0.390 e. The average Bonchev–Trinajstić information content (AvgIpc) is 2.85. The molecule has 1 nitrogen and oxygen atoms in total. The third-order valence-corrected chi connectivity index (χ3v) is 6.05. The van der Waals surface area contributed by atoms with E-state index in [4.69, 9.17) is 0 Å². The Morgan fingerprint density at radius 1 is 0.561 bits per heavy atom. The van der Waals surface area contributed by atoms with E-state index >= 15 is 0 Å². The predicted octanol–water partition coefficient (Wildman–Crippen LogP) is 11.8. The second-order valence-corrected chi connectivity index (χ2v) is 12.0. The van der Waals surface area contributed by atoms with Crippen molar-refractivity contribution in [3.05, 3.63) is 143 Å². The molecule has 0 fully saturated rings. The summed E-state index contributed by atoms with van der Waals surface area (Å²) >= 11 is 0. The van der Waals surface area contributed by atoms with Crippen LogP contribution in [0.5, 0.6) is 0 Å². The van der Waals surface area contributed by atoms with Gasteiger partial charge in [0, 0.05) is 0 Å². The van der Waals surface area contributed by atoms with Crippen LogP contribution < -0.4 is 0 Å². The molecule has 0 saturated heterocycles. The van der Waals surface area contributed by atoms with E-state index in [2.05, 4.69) is 171 Å². The maximum atomic E-state index is 9.82. The van der Waals surface area contributed by atoms with E-state index in [1.165, 1.54) is 27.9 Å². The number of rotatable bonds is 17. The molecule has 0 aliphatic rings. The highest BCUT2D eigenvalue weighted by molar-refractivity contribution is 5.32. The lowest BCUT2D eigenvalue weighted by Gasteiger charge is -2.16. The lowest BCUT2D eigenvalue weighted by molar-refractivity contribution is 0.0689. The van der Waals surface area contributed by atoms with Crippen molar-refractivity contribution in [2.24, 2.45) is 11.8 Å². The van der Waals surface area contributed by atoms with Gasteiger partial charge in [0.1, 0.15) is 0 Å². The topological polar surface area (TPSA) is 20.2 Å². The summed E-state index contributed by atoms with van der Waals surface area (Å²) in [5.41, 5.74) is 5.64. The van der Waals surface area contributed by atoms with Gasteiger partial charge < -0.3 is 5.11 Å². The first-order chi connectivity index (χ1) is 19.3. The maximum Gasteiger partial charge on any atom is 0.0591 e. The van der Waals surface area contributed by atoms with Crippen LogP contribution in [0, 0.1) is 11.8 Å². The van der Waals surface area contributed by atoms with E-state index < -0.39 is 5.60 Å². The number of aliphatic hydroxyl groups is 1. The van der Waals surface area contributed by atoms with Crippen molar-refractivity contribution in [1.82, 2.24) is 0 Å². The van der Waals surface area contributed by atoms with Crippen LogP contribution in [0.3, 0.4) is 0 Å². The third kappa shape index (κ3) is 26.8. The maximum absolute atomic E-state index is 9.82. The van der Waals surface area contributed by atoms with Gasteiger partial charge in [-0.05, 0) is 79.6 Å². The Balaban J connectivity index is 4.65. The van der Waals surface area contributed by atoms with Gasteiger partial charge >= 0.3 is 0 Å². The highest BCUT2D eigenvalue weighted by atomic mass is 16.3. The fraction of sp³-hybridized carbons (Fsp3) is 0.400.